The van der Waals surface area contributed by atoms with Crippen molar-refractivity contribution in [3.8, 4) is 0 Å². The lowest BCUT2D eigenvalue weighted by Crippen LogP contribution is -2.08. The second kappa shape index (κ2) is 5.53. The molecule has 0 aliphatic heterocycles. The highest BCUT2D eigenvalue weighted by Gasteiger charge is 2.02. The molecule has 1 aromatic carbocycles. The number of para-hydroxylation sites is 1. The Kier molecular flexibility index (Phi) is 3.81. The number of nitrogens with one attached hydrogen (secondary N) is 1. The van der Waals surface area contributed by atoms with Crippen LogP contribution in [0.25, 0.3) is 0 Å². The highest BCUT2D eigenvalue weighted by molar-refractivity contribution is 5.50. The van der Waals surface area contributed by atoms with Crippen LogP contribution in [0.15, 0.2) is 36.7 Å². The van der Waals surface area contributed by atoms with E-state index in [1.165, 1.54) is 11.3 Å². The van der Waals surface area contributed by atoms with Crippen molar-refractivity contribution < 1.29 is 0 Å². The van der Waals surface area contributed by atoms with Gasteiger partial charge in [-0.1, -0.05) is 25.1 Å². The molecule has 17 heavy (non-hydrogen) atoms. The van der Waals surface area contributed by atoms with Crippen molar-refractivity contribution >= 4 is 5.69 Å². The van der Waals surface area contributed by atoms with Crippen molar-refractivity contribution in [2.45, 2.75) is 33.4 Å². The van der Waals surface area contributed by atoms with Gasteiger partial charge in [0.2, 0.25) is 0 Å². The van der Waals surface area contributed by atoms with Crippen molar-refractivity contribution in [3.63, 3.8) is 0 Å². The fourth-order valence-corrected chi connectivity index (χ4v) is 1.90. The highest BCUT2D eigenvalue weighted by Crippen LogP contribution is 2.14. The Hall–Kier alpha value is -1.77. The Bertz CT molecular complexity index is 474. The Morgan fingerprint density at radius 3 is 2.88 bits per heavy atom. The summed E-state index contributed by atoms with van der Waals surface area (Å²) in [5, 5.41) is 3.43. The van der Waals surface area contributed by atoms with Crippen LogP contribution in [-0.2, 0) is 13.1 Å². The van der Waals surface area contributed by atoms with Crippen LogP contribution in [0.1, 0.15) is 24.7 Å². The fourth-order valence-electron chi connectivity index (χ4n) is 1.90. The molecule has 2 aromatic rings. The predicted octanol–water partition coefficient (Wildman–Crippen LogP) is 3.21. The molecule has 0 aliphatic carbocycles. The molecular formula is C14H19N3. The zero-order valence-electron chi connectivity index (χ0n) is 10.5. The van der Waals surface area contributed by atoms with E-state index < -0.39 is 0 Å². The van der Waals surface area contributed by atoms with Gasteiger partial charge in [0, 0.05) is 24.6 Å². The van der Waals surface area contributed by atoms with Gasteiger partial charge in [0.15, 0.2) is 0 Å². The van der Waals surface area contributed by atoms with Crippen LogP contribution < -0.4 is 5.32 Å². The molecule has 3 heteroatoms. The quantitative estimate of drug-likeness (QED) is 0.853. The molecule has 90 valence electrons. The van der Waals surface area contributed by atoms with Crippen molar-refractivity contribution in [1.82, 2.24) is 9.55 Å². The van der Waals surface area contributed by atoms with Crippen molar-refractivity contribution in [1.29, 1.82) is 0 Å². The van der Waals surface area contributed by atoms with E-state index in [9.17, 15) is 0 Å². The lowest BCUT2D eigenvalue weighted by Gasteiger charge is -2.10. The molecule has 0 aliphatic rings. The standard InChI is InChI=1S/C14H19N3/c1-3-9-17-10-8-15-14(17)11-16-13-7-5-4-6-12(13)2/h4-8,10,16H,3,9,11H2,1-2H3. The number of nitrogens with zero attached hydrogens (tertiary/aromatic N) is 2. The average molecular weight is 229 g/mol. The topological polar surface area (TPSA) is 29.9 Å². The molecule has 3 nitrogen and oxygen atoms in total. The molecule has 0 saturated heterocycles. The van der Waals surface area contributed by atoms with Gasteiger partial charge in [-0.15, -0.1) is 0 Å². The molecule has 0 amide bonds. The Labute approximate surface area is 103 Å². The lowest BCUT2D eigenvalue weighted by molar-refractivity contribution is 0.644. The maximum atomic E-state index is 4.38. The Morgan fingerprint density at radius 2 is 2.12 bits per heavy atom. The maximum absolute atomic E-state index is 4.38. The van der Waals surface area contributed by atoms with Crippen LogP contribution in [0.2, 0.25) is 0 Å². The molecule has 1 aromatic heterocycles. The predicted molar refractivity (Wildman–Crippen MR) is 71.0 cm³/mol. The number of hydrogen-bond donors (Lipinski definition) is 1. The van der Waals surface area contributed by atoms with Gasteiger partial charge in [0.05, 0.1) is 6.54 Å². The minimum atomic E-state index is 0.776. The summed E-state index contributed by atoms with van der Waals surface area (Å²) in [6.45, 7) is 6.10. The van der Waals surface area contributed by atoms with Gasteiger partial charge in [-0.25, -0.2) is 4.98 Å². The molecule has 0 fully saturated rings. The third-order valence-electron chi connectivity index (χ3n) is 2.85. The number of benzene rings is 1. The third-order valence-corrected chi connectivity index (χ3v) is 2.85. The first kappa shape index (κ1) is 11.7. The molecule has 2 rings (SSSR count). The second-order valence-corrected chi connectivity index (χ2v) is 4.21. The van der Waals surface area contributed by atoms with Gasteiger partial charge in [0.25, 0.3) is 0 Å². The number of rotatable bonds is 5. The zero-order chi connectivity index (χ0) is 12.1. The molecule has 0 radical (unpaired) electrons. The molecule has 0 saturated carbocycles. The molecule has 0 spiro atoms. The number of imidazole rings is 1. The first-order chi connectivity index (χ1) is 8.31. The van der Waals surface area contributed by atoms with Crippen LogP contribution in [0.3, 0.4) is 0 Å². The summed E-state index contributed by atoms with van der Waals surface area (Å²) in [6.07, 6.45) is 5.04. The summed E-state index contributed by atoms with van der Waals surface area (Å²) in [6, 6.07) is 8.32. The third kappa shape index (κ3) is 2.87. The van der Waals surface area contributed by atoms with Crippen molar-refractivity contribution in [2.75, 3.05) is 5.32 Å². The van der Waals surface area contributed by atoms with Crippen molar-refractivity contribution in [3.05, 3.63) is 48.0 Å². The summed E-state index contributed by atoms with van der Waals surface area (Å²) in [7, 11) is 0. The normalized spacial score (nSPS) is 10.5. The smallest absolute Gasteiger partial charge is 0.128 e. The SMILES string of the molecule is CCCn1ccnc1CNc1ccccc1C. The first-order valence-electron chi connectivity index (χ1n) is 6.10. The Balaban J connectivity index is 2.02. The maximum Gasteiger partial charge on any atom is 0.128 e. The summed E-state index contributed by atoms with van der Waals surface area (Å²) >= 11 is 0. The fraction of sp³-hybridized carbons (Fsp3) is 0.357. The molecular weight excluding hydrogens is 210 g/mol. The van der Waals surface area contributed by atoms with Gasteiger partial charge in [-0.05, 0) is 25.0 Å². The van der Waals surface area contributed by atoms with E-state index in [-0.39, 0.29) is 0 Å². The Morgan fingerprint density at radius 1 is 1.29 bits per heavy atom. The first-order valence-corrected chi connectivity index (χ1v) is 6.10. The van der Waals surface area contributed by atoms with E-state index in [1.54, 1.807) is 0 Å². The van der Waals surface area contributed by atoms with Crippen LogP contribution in [-0.4, -0.2) is 9.55 Å². The monoisotopic (exact) mass is 229 g/mol. The number of anilines is 1. The average Bonchev–Trinajstić information content (AvgIpc) is 2.76. The molecule has 1 heterocycles. The van der Waals surface area contributed by atoms with Crippen LogP contribution >= 0.6 is 0 Å². The van der Waals surface area contributed by atoms with Gasteiger partial charge in [0.1, 0.15) is 5.82 Å². The number of hydrogen-bond acceptors (Lipinski definition) is 2. The van der Waals surface area contributed by atoms with E-state index in [0.717, 1.165) is 25.3 Å². The minimum absolute atomic E-state index is 0.776. The van der Waals surface area contributed by atoms with Crippen LogP contribution in [0.5, 0.6) is 0 Å². The summed E-state index contributed by atoms with van der Waals surface area (Å²) in [5.74, 6) is 1.09. The number of aryl methyl sites for hydroxylation is 2. The largest absolute Gasteiger partial charge is 0.378 e. The number of aromatic nitrogens is 2. The van der Waals surface area contributed by atoms with Gasteiger partial charge < -0.3 is 9.88 Å². The van der Waals surface area contributed by atoms with E-state index in [0.29, 0.717) is 0 Å². The van der Waals surface area contributed by atoms with E-state index in [4.69, 9.17) is 0 Å². The summed E-state index contributed by atoms with van der Waals surface area (Å²) < 4.78 is 2.20. The van der Waals surface area contributed by atoms with E-state index >= 15 is 0 Å². The van der Waals surface area contributed by atoms with Gasteiger partial charge in [-0.2, -0.15) is 0 Å². The van der Waals surface area contributed by atoms with E-state index in [1.807, 2.05) is 18.5 Å². The molecule has 0 bridgehead atoms. The second-order valence-electron chi connectivity index (χ2n) is 4.21. The highest BCUT2D eigenvalue weighted by atomic mass is 15.1. The van der Waals surface area contributed by atoms with Crippen LogP contribution in [0, 0.1) is 6.92 Å². The molecule has 0 unspecified atom stereocenters. The summed E-state index contributed by atoms with van der Waals surface area (Å²) in [4.78, 5) is 4.38. The zero-order valence-corrected chi connectivity index (χ0v) is 10.5. The molecule has 1 N–H and O–H groups in total. The molecule has 0 atom stereocenters. The van der Waals surface area contributed by atoms with Crippen molar-refractivity contribution in [2.24, 2.45) is 0 Å². The van der Waals surface area contributed by atoms with Gasteiger partial charge in [-0.3, -0.25) is 0 Å². The van der Waals surface area contributed by atoms with Crippen LogP contribution in [0.4, 0.5) is 5.69 Å². The van der Waals surface area contributed by atoms with Gasteiger partial charge >= 0.3 is 0 Å². The lowest BCUT2D eigenvalue weighted by atomic mass is 10.2. The minimum Gasteiger partial charge on any atom is -0.378 e. The summed E-state index contributed by atoms with van der Waals surface area (Å²) in [5.41, 5.74) is 2.44. The van der Waals surface area contributed by atoms with E-state index in [2.05, 4.69) is 46.9 Å².